The molecule has 2 saturated heterocycles. The van der Waals surface area contributed by atoms with Crippen molar-refractivity contribution in [2.24, 2.45) is 0 Å². The first-order valence-electron chi connectivity index (χ1n) is 6.49. The van der Waals surface area contributed by atoms with E-state index in [0.717, 1.165) is 26.1 Å². The molecule has 0 bridgehead atoms. The number of hydrogen-bond acceptors (Lipinski definition) is 2. The zero-order valence-electron chi connectivity index (χ0n) is 10.4. The maximum Gasteiger partial charge on any atom is 0.320 e. The van der Waals surface area contributed by atoms with Crippen LogP contribution < -0.4 is 5.32 Å². The van der Waals surface area contributed by atoms with Gasteiger partial charge in [0.25, 0.3) is 0 Å². The van der Waals surface area contributed by atoms with E-state index < -0.39 is 0 Å². The first kappa shape index (κ1) is 11.7. The van der Waals surface area contributed by atoms with Gasteiger partial charge in [0.1, 0.15) is 0 Å². The maximum atomic E-state index is 12.2. The van der Waals surface area contributed by atoms with Crippen LogP contribution in [-0.2, 0) is 0 Å². The van der Waals surface area contributed by atoms with E-state index in [9.17, 15) is 4.79 Å². The van der Waals surface area contributed by atoms with Crippen LogP contribution in [0.15, 0.2) is 0 Å². The summed E-state index contributed by atoms with van der Waals surface area (Å²) in [6, 6.07) is 1.18. The highest BCUT2D eigenvalue weighted by atomic mass is 16.2. The van der Waals surface area contributed by atoms with Gasteiger partial charge in [0.05, 0.1) is 0 Å². The molecule has 2 aliphatic heterocycles. The Bertz CT molecular complexity index is 251. The molecule has 0 aliphatic carbocycles. The zero-order chi connectivity index (χ0) is 11.5. The van der Waals surface area contributed by atoms with E-state index in [0.29, 0.717) is 12.1 Å². The highest BCUT2D eigenvalue weighted by molar-refractivity contribution is 5.74. The SMILES string of the molecule is CCN(C)C(=O)N1CCCC1C1CCCN1. The summed E-state index contributed by atoms with van der Waals surface area (Å²) in [6.45, 7) is 4.87. The number of nitrogens with zero attached hydrogens (tertiary/aromatic N) is 2. The minimum Gasteiger partial charge on any atom is -0.328 e. The van der Waals surface area contributed by atoms with E-state index in [1.807, 2.05) is 18.9 Å². The number of rotatable bonds is 2. The smallest absolute Gasteiger partial charge is 0.320 e. The average molecular weight is 225 g/mol. The van der Waals surface area contributed by atoms with Gasteiger partial charge in [-0.25, -0.2) is 4.79 Å². The van der Waals surface area contributed by atoms with E-state index in [2.05, 4.69) is 10.2 Å². The predicted octanol–water partition coefficient (Wildman–Crippen LogP) is 1.27. The molecule has 0 aromatic heterocycles. The van der Waals surface area contributed by atoms with Gasteiger partial charge >= 0.3 is 6.03 Å². The molecule has 2 aliphatic rings. The average Bonchev–Trinajstić information content (AvgIpc) is 2.95. The van der Waals surface area contributed by atoms with Gasteiger partial charge in [-0.1, -0.05) is 0 Å². The van der Waals surface area contributed by atoms with Crippen molar-refractivity contribution >= 4 is 6.03 Å². The fourth-order valence-corrected chi connectivity index (χ4v) is 2.84. The predicted molar refractivity (Wildman–Crippen MR) is 64.5 cm³/mol. The van der Waals surface area contributed by atoms with Gasteiger partial charge in [0, 0.05) is 32.2 Å². The Labute approximate surface area is 98.0 Å². The molecule has 2 heterocycles. The highest BCUT2D eigenvalue weighted by Crippen LogP contribution is 2.25. The summed E-state index contributed by atoms with van der Waals surface area (Å²) in [7, 11) is 1.89. The van der Waals surface area contributed by atoms with E-state index in [4.69, 9.17) is 0 Å². The van der Waals surface area contributed by atoms with E-state index in [-0.39, 0.29) is 6.03 Å². The van der Waals surface area contributed by atoms with Crippen molar-refractivity contribution in [1.82, 2.24) is 15.1 Å². The second-order valence-electron chi connectivity index (χ2n) is 4.90. The summed E-state index contributed by atoms with van der Waals surface area (Å²) < 4.78 is 0. The third-order valence-electron chi connectivity index (χ3n) is 3.91. The van der Waals surface area contributed by atoms with Crippen molar-refractivity contribution in [3.05, 3.63) is 0 Å². The van der Waals surface area contributed by atoms with Gasteiger partial charge in [-0.2, -0.15) is 0 Å². The van der Waals surface area contributed by atoms with Gasteiger partial charge in [0.15, 0.2) is 0 Å². The third-order valence-corrected chi connectivity index (χ3v) is 3.91. The molecule has 0 radical (unpaired) electrons. The summed E-state index contributed by atoms with van der Waals surface area (Å²) >= 11 is 0. The minimum absolute atomic E-state index is 0.207. The Balaban J connectivity index is 1.99. The number of nitrogens with one attached hydrogen (secondary N) is 1. The monoisotopic (exact) mass is 225 g/mol. The molecule has 2 rings (SSSR count). The number of carbonyl (C=O) groups excluding carboxylic acids is 1. The fourth-order valence-electron chi connectivity index (χ4n) is 2.84. The summed E-state index contributed by atoms with van der Waals surface area (Å²) in [5.74, 6) is 0. The van der Waals surface area contributed by atoms with Gasteiger partial charge in [-0.15, -0.1) is 0 Å². The molecule has 2 fully saturated rings. The number of urea groups is 1. The molecule has 4 heteroatoms. The molecule has 92 valence electrons. The molecule has 0 aromatic rings. The second kappa shape index (κ2) is 5.04. The lowest BCUT2D eigenvalue weighted by molar-refractivity contribution is 0.151. The summed E-state index contributed by atoms with van der Waals surface area (Å²) in [5.41, 5.74) is 0. The lowest BCUT2D eigenvalue weighted by Crippen LogP contribution is -2.50. The first-order chi connectivity index (χ1) is 7.74. The highest BCUT2D eigenvalue weighted by Gasteiger charge is 2.36. The summed E-state index contributed by atoms with van der Waals surface area (Å²) in [5, 5.41) is 3.53. The van der Waals surface area contributed by atoms with Crippen molar-refractivity contribution in [2.75, 3.05) is 26.7 Å². The van der Waals surface area contributed by atoms with Crippen molar-refractivity contribution in [2.45, 2.75) is 44.7 Å². The lowest BCUT2D eigenvalue weighted by Gasteiger charge is -2.32. The van der Waals surface area contributed by atoms with Crippen molar-refractivity contribution in [3.63, 3.8) is 0 Å². The molecular formula is C12H23N3O. The van der Waals surface area contributed by atoms with Gasteiger partial charge in [0.2, 0.25) is 0 Å². The largest absolute Gasteiger partial charge is 0.328 e. The molecule has 16 heavy (non-hydrogen) atoms. The number of likely N-dealkylation sites (tertiary alicyclic amines) is 1. The second-order valence-corrected chi connectivity index (χ2v) is 4.90. The fraction of sp³-hybridized carbons (Fsp3) is 0.917. The molecular weight excluding hydrogens is 202 g/mol. The molecule has 0 aromatic carbocycles. The van der Waals surface area contributed by atoms with Crippen LogP contribution >= 0.6 is 0 Å². The van der Waals surface area contributed by atoms with Crippen molar-refractivity contribution in [3.8, 4) is 0 Å². The third kappa shape index (κ3) is 2.17. The molecule has 2 atom stereocenters. The van der Waals surface area contributed by atoms with Crippen LogP contribution in [-0.4, -0.2) is 54.6 Å². The van der Waals surface area contributed by atoms with E-state index in [1.165, 1.54) is 19.3 Å². The van der Waals surface area contributed by atoms with Crippen LogP contribution in [0.1, 0.15) is 32.6 Å². The van der Waals surface area contributed by atoms with Crippen LogP contribution in [0.5, 0.6) is 0 Å². The van der Waals surface area contributed by atoms with Crippen LogP contribution in [0.4, 0.5) is 4.79 Å². The van der Waals surface area contributed by atoms with Crippen LogP contribution in [0, 0.1) is 0 Å². The van der Waals surface area contributed by atoms with E-state index >= 15 is 0 Å². The topological polar surface area (TPSA) is 35.6 Å². The first-order valence-corrected chi connectivity index (χ1v) is 6.49. The van der Waals surface area contributed by atoms with Crippen molar-refractivity contribution < 1.29 is 4.79 Å². The number of carbonyl (C=O) groups is 1. The minimum atomic E-state index is 0.207. The maximum absolute atomic E-state index is 12.2. The standard InChI is InChI=1S/C12H23N3O/c1-3-14(2)12(16)15-9-5-7-11(15)10-6-4-8-13-10/h10-11,13H,3-9H2,1-2H3. The normalized spacial score (nSPS) is 29.8. The summed E-state index contributed by atoms with van der Waals surface area (Å²) in [6.07, 6.45) is 4.81. The Hall–Kier alpha value is -0.770. The summed E-state index contributed by atoms with van der Waals surface area (Å²) in [4.78, 5) is 16.1. The van der Waals surface area contributed by atoms with Gasteiger partial charge < -0.3 is 15.1 Å². The molecule has 0 spiro atoms. The Morgan fingerprint density at radius 3 is 2.88 bits per heavy atom. The molecule has 0 saturated carbocycles. The Morgan fingerprint density at radius 1 is 1.44 bits per heavy atom. The molecule has 2 unspecified atom stereocenters. The van der Waals surface area contributed by atoms with Crippen molar-refractivity contribution in [1.29, 1.82) is 0 Å². The lowest BCUT2D eigenvalue weighted by atomic mass is 10.0. The van der Waals surface area contributed by atoms with Crippen LogP contribution in [0.3, 0.4) is 0 Å². The Kier molecular flexibility index (Phi) is 3.69. The number of hydrogen-bond donors (Lipinski definition) is 1. The van der Waals surface area contributed by atoms with Gasteiger partial charge in [-0.3, -0.25) is 0 Å². The Morgan fingerprint density at radius 2 is 2.25 bits per heavy atom. The number of amides is 2. The zero-order valence-corrected chi connectivity index (χ0v) is 10.4. The molecule has 4 nitrogen and oxygen atoms in total. The van der Waals surface area contributed by atoms with Crippen LogP contribution in [0.2, 0.25) is 0 Å². The molecule has 1 N–H and O–H groups in total. The molecule has 2 amide bonds. The van der Waals surface area contributed by atoms with Gasteiger partial charge in [-0.05, 0) is 39.2 Å². The van der Waals surface area contributed by atoms with Crippen LogP contribution in [0.25, 0.3) is 0 Å². The van der Waals surface area contributed by atoms with E-state index in [1.54, 1.807) is 0 Å². The quantitative estimate of drug-likeness (QED) is 0.768.